The van der Waals surface area contributed by atoms with Crippen LogP contribution in [0.3, 0.4) is 0 Å². The lowest BCUT2D eigenvalue weighted by molar-refractivity contribution is -0.128. The molecule has 3 heterocycles. The van der Waals surface area contributed by atoms with E-state index in [4.69, 9.17) is 39.5 Å². The molecular formula is C25H21Cl3N4O5S. The fourth-order valence-electron chi connectivity index (χ4n) is 4.39. The van der Waals surface area contributed by atoms with Gasteiger partial charge in [-0.05, 0) is 42.8 Å². The maximum absolute atomic E-state index is 13.8. The minimum Gasteiger partial charge on any atom is -0.469 e. The number of pyridine rings is 1. The fraction of sp³-hybridized carbons (Fsp3) is 0.240. The Hall–Kier alpha value is -3.05. The molecule has 0 spiro atoms. The molecule has 1 fully saturated rings. The highest BCUT2D eigenvalue weighted by atomic mass is 35.5. The molecule has 9 nitrogen and oxygen atoms in total. The zero-order valence-electron chi connectivity index (χ0n) is 19.7. The van der Waals surface area contributed by atoms with E-state index >= 15 is 0 Å². The number of sulfonamides is 1. The predicted molar refractivity (Wildman–Crippen MR) is 145 cm³/mol. The highest BCUT2D eigenvalue weighted by molar-refractivity contribution is 7.92. The van der Waals surface area contributed by atoms with Gasteiger partial charge in [0.05, 0.1) is 45.5 Å². The van der Waals surface area contributed by atoms with E-state index in [-0.39, 0.29) is 61.8 Å². The molecule has 1 N–H and O–H groups in total. The van der Waals surface area contributed by atoms with Crippen molar-refractivity contribution in [2.45, 2.75) is 23.8 Å². The van der Waals surface area contributed by atoms with Crippen LogP contribution in [0, 0.1) is 0 Å². The SMILES string of the molecule is O=C(Nc1cnc2c(c1)N(S(=O)(=O)c1cccc(Cl)c1)C[C@H](CN1CCCC1=O)O2)c1c(Cl)cccc1Cl. The zero-order chi connectivity index (χ0) is 27.0. The summed E-state index contributed by atoms with van der Waals surface area (Å²) in [4.78, 5) is 31.0. The van der Waals surface area contributed by atoms with Crippen LogP contribution in [-0.2, 0) is 14.8 Å². The standard InChI is InChI=1S/C25H21Cl3N4O5S/c26-15-4-1-5-18(10-15)38(35,36)32-14-17(13-31-9-3-8-22(31)33)37-25-21(32)11-16(12-29-25)30-24(34)23-19(27)6-2-7-20(23)28/h1-2,4-7,10-12,17H,3,8-9,13-14H2,(H,30,34)/t17-/m0/s1. The maximum Gasteiger partial charge on any atom is 0.264 e. The van der Waals surface area contributed by atoms with Gasteiger partial charge in [0.25, 0.3) is 15.9 Å². The van der Waals surface area contributed by atoms with E-state index in [1.54, 1.807) is 23.1 Å². The number of nitrogens with one attached hydrogen (secondary N) is 1. The summed E-state index contributed by atoms with van der Waals surface area (Å²) in [5.41, 5.74) is 0.397. The first kappa shape index (κ1) is 26.6. The highest BCUT2D eigenvalue weighted by Gasteiger charge is 2.37. The summed E-state index contributed by atoms with van der Waals surface area (Å²) in [6.45, 7) is 0.710. The van der Waals surface area contributed by atoms with Crippen LogP contribution < -0.4 is 14.4 Å². The molecule has 38 heavy (non-hydrogen) atoms. The number of fused-ring (bicyclic) bond motifs is 1. The molecule has 5 rings (SSSR count). The van der Waals surface area contributed by atoms with Gasteiger partial charge in [-0.25, -0.2) is 13.4 Å². The van der Waals surface area contributed by atoms with Crippen LogP contribution >= 0.6 is 34.8 Å². The molecule has 2 amide bonds. The van der Waals surface area contributed by atoms with E-state index in [0.717, 1.165) is 10.7 Å². The third-order valence-electron chi connectivity index (χ3n) is 6.18. The van der Waals surface area contributed by atoms with E-state index in [9.17, 15) is 18.0 Å². The topological polar surface area (TPSA) is 109 Å². The summed E-state index contributed by atoms with van der Waals surface area (Å²) in [5, 5.41) is 3.25. The summed E-state index contributed by atoms with van der Waals surface area (Å²) in [6, 6.07) is 12.0. The van der Waals surface area contributed by atoms with Crippen LogP contribution in [0.1, 0.15) is 23.2 Å². The predicted octanol–water partition coefficient (Wildman–Crippen LogP) is 4.87. The lowest BCUT2D eigenvalue weighted by atomic mass is 10.2. The molecular weight excluding hydrogens is 575 g/mol. The van der Waals surface area contributed by atoms with Crippen molar-refractivity contribution in [3.05, 3.63) is 75.4 Å². The number of hydrogen-bond donors (Lipinski definition) is 1. The average Bonchev–Trinajstić information content (AvgIpc) is 3.27. The van der Waals surface area contributed by atoms with Crippen molar-refractivity contribution in [2.24, 2.45) is 0 Å². The van der Waals surface area contributed by atoms with E-state index in [1.165, 1.54) is 36.5 Å². The van der Waals surface area contributed by atoms with Crippen molar-refractivity contribution < 1.29 is 22.7 Å². The van der Waals surface area contributed by atoms with Crippen molar-refractivity contribution in [1.29, 1.82) is 0 Å². The van der Waals surface area contributed by atoms with Gasteiger partial charge in [0, 0.05) is 18.0 Å². The van der Waals surface area contributed by atoms with Gasteiger partial charge in [-0.2, -0.15) is 0 Å². The van der Waals surface area contributed by atoms with Crippen LogP contribution in [0.25, 0.3) is 0 Å². The molecule has 0 saturated carbocycles. The Morgan fingerprint density at radius 2 is 1.84 bits per heavy atom. The first-order valence-electron chi connectivity index (χ1n) is 11.6. The fourth-order valence-corrected chi connectivity index (χ4v) is 6.74. The first-order chi connectivity index (χ1) is 18.1. The van der Waals surface area contributed by atoms with Crippen molar-refractivity contribution in [1.82, 2.24) is 9.88 Å². The number of rotatable bonds is 6. The van der Waals surface area contributed by atoms with Gasteiger partial charge in [0.15, 0.2) is 0 Å². The number of carbonyl (C=O) groups excluding carboxylic acids is 2. The number of aromatic nitrogens is 1. The molecule has 2 aliphatic rings. The highest BCUT2D eigenvalue weighted by Crippen LogP contribution is 2.38. The Morgan fingerprint density at radius 1 is 1.11 bits per heavy atom. The number of hydrogen-bond acceptors (Lipinski definition) is 6. The third-order valence-corrected chi connectivity index (χ3v) is 8.82. The molecule has 1 saturated heterocycles. The summed E-state index contributed by atoms with van der Waals surface area (Å²) >= 11 is 18.4. The van der Waals surface area contributed by atoms with Crippen molar-refractivity contribution >= 4 is 68.0 Å². The quantitative estimate of drug-likeness (QED) is 0.435. The number of carbonyl (C=O) groups is 2. The lowest BCUT2D eigenvalue weighted by Crippen LogP contribution is -2.49. The Bertz CT molecular complexity index is 1510. The zero-order valence-corrected chi connectivity index (χ0v) is 22.8. The monoisotopic (exact) mass is 594 g/mol. The van der Waals surface area contributed by atoms with Gasteiger partial charge in [-0.3, -0.25) is 13.9 Å². The minimum absolute atomic E-state index is 0.00658. The van der Waals surface area contributed by atoms with Gasteiger partial charge < -0.3 is 15.0 Å². The van der Waals surface area contributed by atoms with Crippen LogP contribution in [0.2, 0.25) is 15.1 Å². The second-order valence-electron chi connectivity index (χ2n) is 8.78. The smallest absolute Gasteiger partial charge is 0.264 e. The Labute approximate surface area is 234 Å². The molecule has 2 aromatic carbocycles. The van der Waals surface area contributed by atoms with E-state index in [0.29, 0.717) is 13.0 Å². The maximum atomic E-state index is 13.8. The molecule has 2 aliphatic heterocycles. The number of amides is 2. The minimum atomic E-state index is -4.12. The van der Waals surface area contributed by atoms with Gasteiger partial charge in [-0.15, -0.1) is 0 Å². The van der Waals surface area contributed by atoms with Crippen LogP contribution in [-0.4, -0.2) is 55.9 Å². The van der Waals surface area contributed by atoms with E-state index in [2.05, 4.69) is 10.3 Å². The summed E-state index contributed by atoms with van der Waals surface area (Å²) in [7, 11) is -4.12. The lowest BCUT2D eigenvalue weighted by Gasteiger charge is -2.36. The van der Waals surface area contributed by atoms with Gasteiger partial charge in [0.2, 0.25) is 11.8 Å². The number of nitrogens with zero attached hydrogens (tertiary/aromatic N) is 3. The number of likely N-dealkylation sites (tertiary alicyclic amines) is 1. The summed E-state index contributed by atoms with van der Waals surface area (Å²) in [5.74, 6) is -0.547. The second-order valence-corrected chi connectivity index (χ2v) is 11.9. The van der Waals surface area contributed by atoms with Crippen LogP contribution in [0.5, 0.6) is 5.88 Å². The molecule has 3 aromatic rings. The van der Waals surface area contributed by atoms with Gasteiger partial charge in [-0.1, -0.05) is 46.9 Å². The summed E-state index contributed by atoms with van der Waals surface area (Å²) < 4.78 is 34.7. The third kappa shape index (κ3) is 5.26. The molecule has 13 heteroatoms. The van der Waals surface area contributed by atoms with Crippen LogP contribution in [0.4, 0.5) is 11.4 Å². The normalized spacial score (nSPS) is 17.2. The Morgan fingerprint density at radius 3 is 2.53 bits per heavy atom. The number of ether oxygens (including phenoxy) is 1. The largest absolute Gasteiger partial charge is 0.469 e. The number of anilines is 2. The van der Waals surface area contributed by atoms with Crippen molar-refractivity contribution in [3.63, 3.8) is 0 Å². The van der Waals surface area contributed by atoms with E-state index in [1.807, 2.05) is 0 Å². The second kappa shape index (κ2) is 10.6. The molecule has 0 unspecified atom stereocenters. The van der Waals surface area contributed by atoms with Gasteiger partial charge >= 0.3 is 0 Å². The summed E-state index contributed by atoms with van der Waals surface area (Å²) in [6.07, 6.45) is 1.87. The molecule has 0 bridgehead atoms. The van der Waals surface area contributed by atoms with Crippen molar-refractivity contribution in [3.8, 4) is 5.88 Å². The van der Waals surface area contributed by atoms with Crippen LogP contribution in [0.15, 0.2) is 59.6 Å². The Kier molecular flexibility index (Phi) is 7.41. The molecule has 198 valence electrons. The number of halogens is 3. The Balaban J connectivity index is 1.51. The first-order valence-corrected chi connectivity index (χ1v) is 14.2. The number of benzene rings is 2. The molecule has 0 aliphatic carbocycles. The van der Waals surface area contributed by atoms with E-state index < -0.39 is 22.0 Å². The molecule has 0 radical (unpaired) electrons. The molecule has 1 atom stereocenters. The molecule has 1 aromatic heterocycles. The average molecular weight is 596 g/mol. The van der Waals surface area contributed by atoms with Crippen molar-refractivity contribution in [2.75, 3.05) is 29.3 Å². The van der Waals surface area contributed by atoms with Gasteiger partial charge in [0.1, 0.15) is 11.8 Å².